The highest BCUT2D eigenvalue weighted by Crippen LogP contribution is 2.32. The first-order valence-corrected chi connectivity index (χ1v) is 6.86. The Bertz CT molecular complexity index is 634. The predicted octanol–water partition coefficient (Wildman–Crippen LogP) is 4.67. The number of methoxy groups -OCH3 is 2. The highest BCUT2D eigenvalue weighted by atomic mass is 35.5. The van der Waals surface area contributed by atoms with Crippen molar-refractivity contribution in [2.75, 3.05) is 19.5 Å². The maximum absolute atomic E-state index is 13.8. The minimum Gasteiger partial charge on any atom is -0.497 e. The van der Waals surface area contributed by atoms with Gasteiger partial charge in [0.15, 0.2) is 0 Å². The second-order valence-corrected chi connectivity index (χ2v) is 5.03. The molecule has 5 heteroatoms. The van der Waals surface area contributed by atoms with Crippen LogP contribution < -0.4 is 14.8 Å². The molecule has 0 aliphatic carbocycles. The number of halogens is 2. The van der Waals surface area contributed by atoms with Crippen molar-refractivity contribution in [3.63, 3.8) is 0 Å². The lowest BCUT2D eigenvalue weighted by Crippen LogP contribution is -2.09. The minimum absolute atomic E-state index is 0.154. The molecule has 0 amide bonds. The Hall–Kier alpha value is -1.94. The van der Waals surface area contributed by atoms with Crippen molar-refractivity contribution in [3.8, 4) is 11.5 Å². The number of rotatable bonds is 5. The van der Waals surface area contributed by atoms with E-state index in [-0.39, 0.29) is 11.9 Å². The minimum atomic E-state index is -0.348. The maximum atomic E-state index is 13.8. The Morgan fingerprint density at radius 2 is 1.86 bits per heavy atom. The number of benzene rings is 2. The Morgan fingerprint density at radius 1 is 1.10 bits per heavy atom. The van der Waals surface area contributed by atoms with Crippen molar-refractivity contribution in [1.82, 2.24) is 0 Å². The van der Waals surface area contributed by atoms with Crippen LogP contribution in [-0.2, 0) is 0 Å². The third kappa shape index (κ3) is 3.58. The molecule has 0 saturated carbocycles. The van der Waals surface area contributed by atoms with E-state index in [0.717, 1.165) is 5.56 Å². The summed E-state index contributed by atoms with van der Waals surface area (Å²) in [5.74, 6) is 1.03. The molecule has 2 aromatic carbocycles. The molecule has 0 saturated heterocycles. The molecule has 2 aromatic rings. The van der Waals surface area contributed by atoms with Gasteiger partial charge in [-0.1, -0.05) is 11.6 Å². The van der Waals surface area contributed by atoms with E-state index in [1.54, 1.807) is 26.4 Å². The van der Waals surface area contributed by atoms with Crippen molar-refractivity contribution in [3.05, 3.63) is 52.8 Å². The molecule has 0 radical (unpaired) electrons. The van der Waals surface area contributed by atoms with E-state index in [2.05, 4.69) is 5.32 Å². The van der Waals surface area contributed by atoms with Crippen molar-refractivity contribution in [2.45, 2.75) is 13.0 Å². The van der Waals surface area contributed by atoms with Gasteiger partial charge in [-0.3, -0.25) is 0 Å². The molecule has 0 aromatic heterocycles. The zero-order valence-electron chi connectivity index (χ0n) is 12.1. The Balaban J connectivity index is 2.27. The summed E-state index contributed by atoms with van der Waals surface area (Å²) >= 11 is 5.90. The summed E-state index contributed by atoms with van der Waals surface area (Å²) in [6.45, 7) is 1.92. The van der Waals surface area contributed by atoms with Gasteiger partial charge in [0.25, 0.3) is 0 Å². The van der Waals surface area contributed by atoms with Crippen molar-refractivity contribution in [1.29, 1.82) is 0 Å². The molecule has 0 aliphatic heterocycles. The van der Waals surface area contributed by atoms with Gasteiger partial charge in [-0.2, -0.15) is 0 Å². The number of hydrogen-bond donors (Lipinski definition) is 1. The zero-order valence-corrected chi connectivity index (χ0v) is 12.9. The Kier molecular flexibility index (Phi) is 4.91. The fourth-order valence-corrected chi connectivity index (χ4v) is 2.27. The number of anilines is 1. The van der Waals surface area contributed by atoms with Crippen LogP contribution in [0.3, 0.4) is 0 Å². The van der Waals surface area contributed by atoms with Gasteiger partial charge in [-0.15, -0.1) is 0 Å². The fraction of sp³-hybridized carbons (Fsp3) is 0.250. The summed E-state index contributed by atoms with van der Waals surface area (Å²) < 4.78 is 24.3. The van der Waals surface area contributed by atoms with E-state index < -0.39 is 0 Å². The van der Waals surface area contributed by atoms with E-state index in [9.17, 15) is 4.39 Å². The molecule has 0 spiro atoms. The molecule has 0 aliphatic rings. The quantitative estimate of drug-likeness (QED) is 0.870. The van der Waals surface area contributed by atoms with Crippen LogP contribution in [0.25, 0.3) is 0 Å². The summed E-state index contributed by atoms with van der Waals surface area (Å²) in [6, 6.07) is 9.77. The van der Waals surface area contributed by atoms with Crippen LogP contribution in [0.5, 0.6) is 11.5 Å². The van der Waals surface area contributed by atoms with Gasteiger partial charge in [0, 0.05) is 16.7 Å². The lowest BCUT2D eigenvalue weighted by atomic mass is 10.1. The lowest BCUT2D eigenvalue weighted by molar-refractivity contribution is 0.390. The van der Waals surface area contributed by atoms with Gasteiger partial charge in [0.2, 0.25) is 0 Å². The van der Waals surface area contributed by atoms with E-state index in [1.807, 2.05) is 19.1 Å². The van der Waals surface area contributed by atoms with E-state index in [1.165, 1.54) is 12.1 Å². The Morgan fingerprint density at radius 3 is 2.52 bits per heavy atom. The van der Waals surface area contributed by atoms with Crippen LogP contribution in [0, 0.1) is 5.82 Å². The summed E-state index contributed by atoms with van der Waals surface area (Å²) in [4.78, 5) is 0. The van der Waals surface area contributed by atoms with Crippen LogP contribution in [0.15, 0.2) is 36.4 Å². The number of hydrogen-bond acceptors (Lipinski definition) is 3. The first-order chi connectivity index (χ1) is 10.0. The highest BCUT2D eigenvalue weighted by Gasteiger charge is 2.14. The van der Waals surface area contributed by atoms with E-state index >= 15 is 0 Å². The molecule has 3 nitrogen and oxygen atoms in total. The second kappa shape index (κ2) is 6.68. The first kappa shape index (κ1) is 15.4. The normalized spacial score (nSPS) is 11.9. The number of nitrogens with one attached hydrogen (secondary N) is 1. The molecule has 0 heterocycles. The molecule has 2 rings (SSSR count). The van der Waals surface area contributed by atoms with E-state index in [0.29, 0.717) is 22.2 Å². The second-order valence-electron chi connectivity index (χ2n) is 4.60. The van der Waals surface area contributed by atoms with Crippen LogP contribution in [0.1, 0.15) is 18.5 Å². The summed E-state index contributed by atoms with van der Waals surface area (Å²) in [5.41, 5.74) is 1.26. The van der Waals surface area contributed by atoms with Gasteiger partial charge in [-0.05, 0) is 37.3 Å². The number of ether oxygens (including phenoxy) is 2. The molecule has 0 bridgehead atoms. The SMILES string of the molecule is COc1ccc(C(C)Nc2cc(Cl)ccc2F)c(OC)c1. The molecule has 1 unspecified atom stereocenters. The molecule has 112 valence electrons. The average molecular weight is 310 g/mol. The smallest absolute Gasteiger partial charge is 0.146 e. The molecular weight excluding hydrogens is 293 g/mol. The van der Waals surface area contributed by atoms with Crippen molar-refractivity contribution >= 4 is 17.3 Å². The highest BCUT2D eigenvalue weighted by molar-refractivity contribution is 6.30. The Labute approximate surface area is 128 Å². The maximum Gasteiger partial charge on any atom is 0.146 e. The van der Waals surface area contributed by atoms with Crippen LogP contribution in [-0.4, -0.2) is 14.2 Å². The van der Waals surface area contributed by atoms with Gasteiger partial charge < -0.3 is 14.8 Å². The summed E-state index contributed by atoms with van der Waals surface area (Å²) in [7, 11) is 3.18. The average Bonchev–Trinajstić information content (AvgIpc) is 2.50. The van der Waals surface area contributed by atoms with Gasteiger partial charge >= 0.3 is 0 Å². The fourth-order valence-electron chi connectivity index (χ4n) is 2.10. The topological polar surface area (TPSA) is 30.5 Å². The van der Waals surface area contributed by atoms with Crippen LogP contribution in [0.2, 0.25) is 5.02 Å². The van der Waals surface area contributed by atoms with Crippen LogP contribution >= 0.6 is 11.6 Å². The van der Waals surface area contributed by atoms with Gasteiger partial charge in [0.05, 0.1) is 25.9 Å². The summed E-state index contributed by atoms with van der Waals surface area (Å²) in [5, 5.41) is 3.58. The van der Waals surface area contributed by atoms with Gasteiger partial charge in [-0.25, -0.2) is 4.39 Å². The van der Waals surface area contributed by atoms with Gasteiger partial charge in [0.1, 0.15) is 17.3 Å². The van der Waals surface area contributed by atoms with E-state index in [4.69, 9.17) is 21.1 Å². The third-order valence-corrected chi connectivity index (χ3v) is 3.44. The first-order valence-electron chi connectivity index (χ1n) is 6.48. The molecule has 1 atom stereocenters. The zero-order chi connectivity index (χ0) is 15.4. The molecular formula is C16H17ClFNO2. The predicted molar refractivity (Wildman–Crippen MR) is 83.0 cm³/mol. The summed E-state index contributed by atoms with van der Waals surface area (Å²) in [6.07, 6.45) is 0. The van der Waals surface area contributed by atoms with Crippen molar-refractivity contribution < 1.29 is 13.9 Å². The van der Waals surface area contributed by atoms with Crippen molar-refractivity contribution in [2.24, 2.45) is 0 Å². The lowest BCUT2D eigenvalue weighted by Gasteiger charge is -2.19. The molecule has 0 fully saturated rings. The third-order valence-electron chi connectivity index (χ3n) is 3.21. The molecule has 21 heavy (non-hydrogen) atoms. The largest absolute Gasteiger partial charge is 0.497 e. The standard InChI is InChI=1S/C16H17ClFNO2/c1-10(19-15-8-11(17)4-7-14(15)18)13-6-5-12(20-2)9-16(13)21-3/h4-10,19H,1-3H3. The van der Waals surface area contributed by atoms with Crippen LogP contribution in [0.4, 0.5) is 10.1 Å². The monoisotopic (exact) mass is 309 g/mol. The molecule has 1 N–H and O–H groups in total.